The minimum Gasteiger partial charge on any atom is -0.478 e. The monoisotopic (exact) mass is 233 g/mol. The summed E-state index contributed by atoms with van der Waals surface area (Å²) in [5.74, 6) is -0.124. The van der Waals surface area contributed by atoms with Gasteiger partial charge in [0.15, 0.2) is 0 Å². The standard InChI is InChI=1S/C14H19NO2/c1-15(10-11-6-2-3-7-11)13-9-5-4-8-12(13)14(16)17/h4-5,8-9,11H,2-3,6-7,10H2,1H3,(H,16,17). The maximum absolute atomic E-state index is 11.1. The van der Waals surface area contributed by atoms with Gasteiger partial charge in [-0.25, -0.2) is 4.79 Å². The molecule has 0 amide bonds. The van der Waals surface area contributed by atoms with Crippen LogP contribution in [0.15, 0.2) is 24.3 Å². The molecule has 0 aromatic heterocycles. The topological polar surface area (TPSA) is 40.5 Å². The highest BCUT2D eigenvalue weighted by Gasteiger charge is 2.19. The van der Waals surface area contributed by atoms with Crippen molar-refractivity contribution >= 4 is 11.7 Å². The molecular formula is C14H19NO2. The fraction of sp³-hybridized carbons (Fsp3) is 0.500. The van der Waals surface area contributed by atoms with E-state index in [1.54, 1.807) is 12.1 Å². The van der Waals surface area contributed by atoms with Crippen molar-refractivity contribution in [1.29, 1.82) is 0 Å². The molecule has 0 heterocycles. The number of carboxylic acid groups (broad SMARTS) is 1. The van der Waals surface area contributed by atoms with E-state index in [4.69, 9.17) is 5.11 Å². The molecule has 17 heavy (non-hydrogen) atoms. The number of hydrogen-bond donors (Lipinski definition) is 1. The summed E-state index contributed by atoms with van der Waals surface area (Å²) in [5, 5.41) is 9.15. The fourth-order valence-corrected chi connectivity index (χ4v) is 2.67. The number of nitrogens with zero attached hydrogens (tertiary/aromatic N) is 1. The van der Waals surface area contributed by atoms with Crippen LogP contribution in [0, 0.1) is 5.92 Å². The van der Waals surface area contributed by atoms with Crippen molar-refractivity contribution in [2.24, 2.45) is 5.92 Å². The van der Waals surface area contributed by atoms with Crippen LogP contribution in [-0.2, 0) is 0 Å². The van der Waals surface area contributed by atoms with Crippen LogP contribution in [0.3, 0.4) is 0 Å². The first kappa shape index (κ1) is 12.0. The first-order chi connectivity index (χ1) is 8.18. The van der Waals surface area contributed by atoms with E-state index in [9.17, 15) is 4.79 Å². The number of para-hydroxylation sites is 1. The lowest BCUT2D eigenvalue weighted by Crippen LogP contribution is -2.25. The van der Waals surface area contributed by atoms with E-state index in [-0.39, 0.29) is 0 Å². The molecular weight excluding hydrogens is 214 g/mol. The van der Waals surface area contributed by atoms with Gasteiger partial charge in [0.1, 0.15) is 0 Å². The summed E-state index contributed by atoms with van der Waals surface area (Å²) in [5.41, 5.74) is 1.22. The minimum absolute atomic E-state index is 0.396. The number of hydrogen-bond acceptors (Lipinski definition) is 2. The van der Waals surface area contributed by atoms with Crippen LogP contribution in [0.1, 0.15) is 36.0 Å². The summed E-state index contributed by atoms with van der Waals surface area (Å²) in [6, 6.07) is 7.23. The molecule has 1 aromatic carbocycles. The zero-order chi connectivity index (χ0) is 12.3. The molecule has 1 fully saturated rings. The highest BCUT2D eigenvalue weighted by Crippen LogP contribution is 2.28. The van der Waals surface area contributed by atoms with Gasteiger partial charge in [-0.2, -0.15) is 0 Å². The van der Waals surface area contributed by atoms with E-state index in [1.165, 1.54) is 25.7 Å². The molecule has 0 unspecified atom stereocenters. The van der Waals surface area contributed by atoms with Crippen molar-refractivity contribution in [3.8, 4) is 0 Å². The van der Waals surface area contributed by atoms with Gasteiger partial charge in [-0.05, 0) is 30.9 Å². The van der Waals surface area contributed by atoms with Gasteiger partial charge in [-0.1, -0.05) is 25.0 Å². The lowest BCUT2D eigenvalue weighted by Gasteiger charge is -2.24. The van der Waals surface area contributed by atoms with E-state index in [0.29, 0.717) is 5.56 Å². The zero-order valence-electron chi connectivity index (χ0n) is 10.2. The summed E-state index contributed by atoms with van der Waals surface area (Å²) >= 11 is 0. The van der Waals surface area contributed by atoms with Crippen LogP contribution in [-0.4, -0.2) is 24.7 Å². The zero-order valence-corrected chi connectivity index (χ0v) is 10.2. The Morgan fingerprint density at radius 2 is 2.00 bits per heavy atom. The summed E-state index contributed by atoms with van der Waals surface area (Å²) in [6.07, 6.45) is 5.19. The molecule has 1 aliphatic carbocycles. The van der Waals surface area contributed by atoms with Gasteiger partial charge in [-0.15, -0.1) is 0 Å². The molecule has 2 rings (SSSR count). The Kier molecular flexibility index (Phi) is 3.67. The molecule has 1 aromatic rings. The van der Waals surface area contributed by atoms with E-state index >= 15 is 0 Å². The van der Waals surface area contributed by atoms with Gasteiger partial charge >= 0.3 is 5.97 Å². The van der Waals surface area contributed by atoms with E-state index in [2.05, 4.69) is 4.90 Å². The summed E-state index contributed by atoms with van der Waals surface area (Å²) in [4.78, 5) is 13.2. The lowest BCUT2D eigenvalue weighted by molar-refractivity contribution is 0.0697. The summed E-state index contributed by atoms with van der Waals surface area (Å²) in [7, 11) is 1.99. The number of carbonyl (C=O) groups is 1. The predicted molar refractivity (Wildman–Crippen MR) is 68.6 cm³/mol. The normalized spacial score (nSPS) is 16.1. The Bertz CT molecular complexity index is 397. The Labute approximate surface area is 102 Å². The quantitative estimate of drug-likeness (QED) is 0.869. The molecule has 1 saturated carbocycles. The van der Waals surface area contributed by atoms with Crippen LogP contribution >= 0.6 is 0 Å². The van der Waals surface area contributed by atoms with Crippen molar-refractivity contribution in [2.45, 2.75) is 25.7 Å². The average Bonchev–Trinajstić information content (AvgIpc) is 2.81. The smallest absolute Gasteiger partial charge is 0.337 e. The first-order valence-electron chi connectivity index (χ1n) is 6.22. The summed E-state index contributed by atoms with van der Waals surface area (Å²) in [6.45, 7) is 0.963. The minimum atomic E-state index is -0.848. The molecule has 0 spiro atoms. The van der Waals surface area contributed by atoms with Gasteiger partial charge in [0.2, 0.25) is 0 Å². The van der Waals surface area contributed by atoms with Gasteiger partial charge in [0.25, 0.3) is 0 Å². The highest BCUT2D eigenvalue weighted by molar-refractivity contribution is 5.94. The third-order valence-electron chi connectivity index (χ3n) is 3.55. The van der Waals surface area contributed by atoms with Crippen molar-refractivity contribution in [3.05, 3.63) is 29.8 Å². The number of benzene rings is 1. The number of rotatable bonds is 4. The molecule has 1 N–H and O–H groups in total. The Morgan fingerprint density at radius 1 is 1.35 bits per heavy atom. The van der Waals surface area contributed by atoms with Crippen LogP contribution in [0.5, 0.6) is 0 Å². The van der Waals surface area contributed by atoms with E-state index in [0.717, 1.165) is 18.2 Å². The van der Waals surface area contributed by atoms with Crippen LogP contribution < -0.4 is 4.90 Å². The lowest BCUT2D eigenvalue weighted by atomic mass is 10.1. The number of carboxylic acids is 1. The first-order valence-corrected chi connectivity index (χ1v) is 6.22. The van der Waals surface area contributed by atoms with Crippen molar-refractivity contribution in [1.82, 2.24) is 0 Å². The van der Waals surface area contributed by atoms with E-state index < -0.39 is 5.97 Å². The average molecular weight is 233 g/mol. The summed E-state index contributed by atoms with van der Waals surface area (Å²) < 4.78 is 0. The molecule has 0 saturated heterocycles. The van der Waals surface area contributed by atoms with Crippen LogP contribution in [0.25, 0.3) is 0 Å². The third kappa shape index (κ3) is 2.78. The van der Waals surface area contributed by atoms with Crippen LogP contribution in [0.2, 0.25) is 0 Å². The Balaban J connectivity index is 2.12. The molecule has 0 atom stereocenters. The highest BCUT2D eigenvalue weighted by atomic mass is 16.4. The number of anilines is 1. The molecule has 92 valence electrons. The van der Waals surface area contributed by atoms with Crippen molar-refractivity contribution < 1.29 is 9.90 Å². The second-order valence-electron chi connectivity index (χ2n) is 4.85. The van der Waals surface area contributed by atoms with Crippen molar-refractivity contribution in [2.75, 3.05) is 18.5 Å². The van der Waals surface area contributed by atoms with Gasteiger partial charge in [-0.3, -0.25) is 0 Å². The molecule has 0 aliphatic heterocycles. The fourth-order valence-electron chi connectivity index (χ4n) is 2.67. The van der Waals surface area contributed by atoms with Gasteiger partial charge in [0, 0.05) is 13.6 Å². The SMILES string of the molecule is CN(CC1CCCC1)c1ccccc1C(=O)O. The molecule has 0 bridgehead atoms. The molecule has 0 radical (unpaired) electrons. The van der Waals surface area contributed by atoms with Crippen LogP contribution in [0.4, 0.5) is 5.69 Å². The van der Waals surface area contributed by atoms with E-state index in [1.807, 2.05) is 19.2 Å². The molecule has 3 heteroatoms. The second-order valence-corrected chi connectivity index (χ2v) is 4.85. The number of aromatic carboxylic acids is 1. The Hall–Kier alpha value is -1.51. The van der Waals surface area contributed by atoms with Crippen molar-refractivity contribution in [3.63, 3.8) is 0 Å². The molecule has 1 aliphatic rings. The maximum Gasteiger partial charge on any atom is 0.337 e. The molecule has 3 nitrogen and oxygen atoms in total. The Morgan fingerprint density at radius 3 is 2.65 bits per heavy atom. The maximum atomic E-state index is 11.1. The van der Waals surface area contributed by atoms with Gasteiger partial charge in [0.05, 0.1) is 11.3 Å². The second kappa shape index (κ2) is 5.21. The largest absolute Gasteiger partial charge is 0.478 e. The third-order valence-corrected chi connectivity index (χ3v) is 3.55. The van der Waals surface area contributed by atoms with Gasteiger partial charge < -0.3 is 10.0 Å². The predicted octanol–water partition coefficient (Wildman–Crippen LogP) is 3.01.